The molecule has 0 amide bonds. The molecule has 1 aromatic rings. The summed E-state index contributed by atoms with van der Waals surface area (Å²) in [5, 5.41) is 0. The summed E-state index contributed by atoms with van der Waals surface area (Å²) in [5.74, 6) is 1.73. The molecule has 1 heteroatoms. The second-order valence-corrected chi connectivity index (χ2v) is 4.60. The smallest absolute Gasteiger partial charge is 0.124 e. The first-order valence-electron chi connectivity index (χ1n) is 5.58. The lowest BCUT2D eigenvalue weighted by atomic mass is 9.79. The Morgan fingerprint density at radius 2 is 1.80 bits per heavy atom. The van der Waals surface area contributed by atoms with Gasteiger partial charge in [-0.1, -0.05) is 42.5 Å². The fraction of sp³-hybridized carbons (Fsp3) is 0.357. The highest BCUT2D eigenvalue weighted by molar-refractivity contribution is 5.59. The van der Waals surface area contributed by atoms with Gasteiger partial charge in [-0.05, 0) is 23.8 Å². The highest BCUT2D eigenvalue weighted by atomic mass is 16.1. The summed E-state index contributed by atoms with van der Waals surface area (Å²) in [6.07, 6.45) is 6.85. The van der Waals surface area contributed by atoms with Crippen LogP contribution in [0, 0.1) is 17.8 Å². The van der Waals surface area contributed by atoms with Crippen molar-refractivity contribution in [2.45, 2.75) is 12.3 Å². The van der Waals surface area contributed by atoms with Gasteiger partial charge in [-0.3, -0.25) is 0 Å². The van der Waals surface area contributed by atoms with E-state index in [0.717, 1.165) is 6.29 Å². The topological polar surface area (TPSA) is 17.1 Å². The number of allylic oxidation sites excluding steroid dienone is 2. The van der Waals surface area contributed by atoms with Crippen molar-refractivity contribution in [3.8, 4) is 0 Å². The van der Waals surface area contributed by atoms with Crippen LogP contribution >= 0.6 is 0 Å². The molecule has 76 valence electrons. The van der Waals surface area contributed by atoms with Gasteiger partial charge >= 0.3 is 0 Å². The Morgan fingerprint density at radius 3 is 2.53 bits per heavy atom. The second kappa shape index (κ2) is 3.34. The molecule has 1 saturated carbocycles. The molecule has 0 N–H and O–H groups in total. The number of rotatable bonds is 2. The van der Waals surface area contributed by atoms with Gasteiger partial charge in [-0.2, -0.15) is 0 Å². The third-order valence-corrected chi connectivity index (χ3v) is 3.86. The fourth-order valence-electron chi connectivity index (χ4n) is 3.19. The van der Waals surface area contributed by atoms with Gasteiger partial charge in [0.15, 0.2) is 0 Å². The molecule has 0 aromatic heterocycles. The van der Waals surface area contributed by atoms with Gasteiger partial charge in [-0.15, -0.1) is 0 Å². The molecule has 1 fully saturated rings. The van der Waals surface area contributed by atoms with Crippen molar-refractivity contribution in [3.05, 3.63) is 48.0 Å². The molecule has 2 bridgehead atoms. The average Bonchev–Trinajstić information content (AvgIpc) is 2.89. The number of hydrogen-bond donors (Lipinski definition) is 0. The molecule has 0 unspecified atom stereocenters. The van der Waals surface area contributed by atoms with Crippen LogP contribution < -0.4 is 0 Å². The molecule has 1 aromatic carbocycles. The van der Waals surface area contributed by atoms with Gasteiger partial charge in [-0.25, -0.2) is 0 Å². The number of carbonyl (C=O) groups excluding carboxylic acids is 1. The molecule has 4 atom stereocenters. The van der Waals surface area contributed by atoms with E-state index in [-0.39, 0.29) is 5.92 Å². The average molecular weight is 198 g/mol. The summed E-state index contributed by atoms with van der Waals surface area (Å²) < 4.78 is 0. The normalized spacial score (nSPS) is 37.1. The van der Waals surface area contributed by atoms with Crippen LogP contribution in [0.5, 0.6) is 0 Å². The third-order valence-electron chi connectivity index (χ3n) is 3.86. The molecule has 2 aliphatic carbocycles. The highest BCUT2D eigenvalue weighted by Crippen LogP contribution is 2.51. The lowest BCUT2D eigenvalue weighted by Crippen LogP contribution is -2.18. The zero-order valence-electron chi connectivity index (χ0n) is 8.54. The molecule has 3 rings (SSSR count). The standard InChI is InChI=1S/C14H14O/c15-9-13-11-6-7-12(8-11)14(13)10-4-2-1-3-5-10/h1-7,9,11-14H,8H2/t11-,12+,13+,14+/m1/s1. The maximum atomic E-state index is 11.1. The lowest BCUT2D eigenvalue weighted by Gasteiger charge is -2.24. The fourth-order valence-corrected chi connectivity index (χ4v) is 3.19. The maximum Gasteiger partial charge on any atom is 0.124 e. The van der Waals surface area contributed by atoms with E-state index in [1.807, 2.05) is 6.07 Å². The number of carbonyl (C=O) groups is 1. The largest absolute Gasteiger partial charge is 0.303 e. The van der Waals surface area contributed by atoms with Crippen LogP contribution in [0.25, 0.3) is 0 Å². The van der Waals surface area contributed by atoms with Crippen molar-refractivity contribution in [2.24, 2.45) is 17.8 Å². The Morgan fingerprint density at radius 1 is 1.07 bits per heavy atom. The zero-order chi connectivity index (χ0) is 10.3. The van der Waals surface area contributed by atoms with Crippen molar-refractivity contribution in [1.82, 2.24) is 0 Å². The zero-order valence-corrected chi connectivity index (χ0v) is 8.54. The Hall–Kier alpha value is -1.37. The van der Waals surface area contributed by atoms with E-state index in [9.17, 15) is 4.79 Å². The van der Waals surface area contributed by atoms with Crippen molar-refractivity contribution < 1.29 is 4.79 Å². The quantitative estimate of drug-likeness (QED) is 0.527. The first-order chi connectivity index (χ1) is 7.40. The van der Waals surface area contributed by atoms with Gasteiger partial charge in [0.1, 0.15) is 6.29 Å². The van der Waals surface area contributed by atoms with E-state index in [0.29, 0.717) is 17.8 Å². The predicted molar refractivity (Wildman–Crippen MR) is 59.5 cm³/mol. The van der Waals surface area contributed by atoms with Crippen molar-refractivity contribution >= 4 is 6.29 Å². The van der Waals surface area contributed by atoms with E-state index in [2.05, 4.69) is 36.4 Å². The van der Waals surface area contributed by atoms with Crippen LogP contribution in [0.15, 0.2) is 42.5 Å². The Kier molecular flexibility index (Phi) is 1.98. The monoisotopic (exact) mass is 198 g/mol. The summed E-state index contributed by atoms with van der Waals surface area (Å²) in [6, 6.07) is 10.5. The molecular formula is C14H14O. The van der Waals surface area contributed by atoms with Crippen LogP contribution in [0.1, 0.15) is 17.9 Å². The molecular weight excluding hydrogens is 184 g/mol. The van der Waals surface area contributed by atoms with Crippen LogP contribution in [0.4, 0.5) is 0 Å². The van der Waals surface area contributed by atoms with Gasteiger partial charge in [0.2, 0.25) is 0 Å². The van der Waals surface area contributed by atoms with Crippen LogP contribution in [-0.2, 0) is 4.79 Å². The number of fused-ring (bicyclic) bond motifs is 2. The predicted octanol–water partition coefficient (Wildman–Crippen LogP) is 2.79. The van der Waals surface area contributed by atoms with Gasteiger partial charge in [0.25, 0.3) is 0 Å². The molecule has 0 heterocycles. The van der Waals surface area contributed by atoms with E-state index in [1.54, 1.807) is 0 Å². The van der Waals surface area contributed by atoms with Crippen molar-refractivity contribution in [2.75, 3.05) is 0 Å². The van der Waals surface area contributed by atoms with Gasteiger partial charge in [0, 0.05) is 11.8 Å². The van der Waals surface area contributed by atoms with E-state index in [1.165, 1.54) is 12.0 Å². The molecule has 1 nitrogen and oxygen atoms in total. The van der Waals surface area contributed by atoms with E-state index in [4.69, 9.17) is 0 Å². The Labute approximate surface area is 89.8 Å². The minimum Gasteiger partial charge on any atom is -0.303 e. The summed E-state index contributed by atoms with van der Waals surface area (Å²) >= 11 is 0. The van der Waals surface area contributed by atoms with Gasteiger partial charge in [0.05, 0.1) is 0 Å². The summed E-state index contributed by atoms with van der Waals surface area (Å²) in [6.45, 7) is 0. The maximum absolute atomic E-state index is 11.1. The summed E-state index contributed by atoms with van der Waals surface area (Å²) in [4.78, 5) is 11.1. The number of aldehydes is 1. The first kappa shape index (κ1) is 8.90. The highest BCUT2D eigenvalue weighted by Gasteiger charge is 2.44. The molecule has 2 aliphatic rings. The van der Waals surface area contributed by atoms with Crippen LogP contribution in [0.3, 0.4) is 0 Å². The summed E-state index contributed by atoms with van der Waals surface area (Å²) in [7, 11) is 0. The summed E-state index contributed by atoms with van der Waals surface area (Å²) in [5.41, 5.74) is 1.33. The molecule has 15 heavy (non-hydrogen) atoms. The van der Waals surface area contributed by atoms with E-state index >= 15 is 0 Å². The molecule has 0 spiro atoms. The number of hydrogen-bond acceptors (Lipinski definition) is 1. The second-order valence-electron chi connectivity index (χ2n) is 4.60. The Balaban J connectivity index is 1.99. The molecule has 0 aliphatic heterocycles. The van der Waals surface area contributed by atoms with E-state index < -0.39 is 0 Å². The third kappa shape index (κ3) is 1.26. The minimum absolute atomic E-state index is 0.211. The first-order valence-corrected chi connectivity index (χ1v) is 5.58. The number of benzene rings is 1. The van der Waals surface area contributed by atoms with Crippen molar-refractivity contribution in [1.29, 1.82) is 0 Å². The SMILES string of the molecule is O=C[C@@H]1[C@@H](c2ccccc2)[C@H]2C=C[C@@H]1C2. The van der Waals surface area contributed by atoms with Crippen LogP contribution in [-0.4, -0.2) is 6.29 Å². The molecule has 0 radical (unpaired) electrons. The molecule has 0 saturated heterocycles. The van der Waals surface area contributed by atoms with Crippen LogP contribution in [0.2, 0.25) is 0 Å². The minimum atomic E-state index is 0.211. The lowest BCUT2D eigenvalue weighted by molar-refractivity contribution is -0.112. The Bertz CT molecular complexity index is 393. The van der Waals surface area contributed by atoms with Crippen molar-refractivity contribution in [3.63, 3.8) is 0 Å². The van der Waals surface area contributed by atoms with Gasteiger partial charge < -0.3 is 4.79 Å².